The van der Waals surface area contributed by atoms with E-state index in [2.05, 4.69) is 20.5 Å². The van der Waals surface area contributed by atoms with Crippen LogP contribution < -0.4 is 9.47 Å². The van der Waals surface area contributed by atoms with Gasteiger partial charge in [0.05, 0.1) is 26.5 Å². The van der Waals surface area contributed by atoms with Crippen LogP contribution in [0.5, 0.6) is 11.5 Å². The highest BCUT2D eigenvalue weighted by molar-refractivity contribution is 7.09. The molecule has 0 unspecified atom stereocenters. The minimum Gasteiger partial charge on any atom is -0.493 e. The van der Waals surface area contributed by atoms with Gasteiger partial charge in [-0.1, -0.05) is 12.1 Å². The molecule has 0 N–H and O–H groups in total. The second-order valence-corrected chi connectivity index (χ2v) is 8.05. The summed E-state index contributed by atoms with van der Waals surface area (Å²) < 4.78 is 12.6. The zero-order valence-electron chi connectivity index (χ0n) is 18.1. The zero-order chi connectivity index (χ0) is 22.7. The molecule has 4 aromatic rings. The number of para-hydroxylation sites is 1. The van der Waals surface area contributed by atoms with Crippen LogP contribution in [0.15, 0.2) is 48.1 Å². The third-order valence-electron chi connectivity index (χ3n) is 4.88. The van der Waals surface area contributed by atoms with Gasteiger partial charge in [-0.3, -0.25) is 4.79 Å². The Bertz CT molecular complexity index is 1240. The Morgan fingerprint density at radius 3 is 2.69 bits per heavy atom. The van der Waals surface area contributed by atoms with Gasteiger partial charge in [0.2, 0.25) is 0 Å². The van der Waals surface area contributed by atoms with E-state index in [0.29, 0.717) is 29.3 Å². The largest absolute Gasteiger partial charge is 0.493 e. The average Bonchev–Trinajstić information content (AvgIpc) is 3.49. The number of nitrogens with zero attached hydrogens (tertiary/aromatic N) is 6. The number of thiazole rings is 1. The fourth-order valence-corrected chi connectivity index (χ4v) is 4.21. The first-order valence-electron chi connectivity index (χ1n) is 9.76. The van der Waals surface area contributed by atoms with Crippen molar-refractivity contribution in [1.82, 2.24) is 30.1 Å². The lowest BCUT2D eigenvalue weighted by molar-refractivity contribution is 0.0785. The van der Waals surface area contributed by atoms with Crippen LogP contribution in [0.3, 0.4) is 0 Å². The molecule has 0 saturated heterocycles. The Balaban J connectivity index is 1.78. The number of tetrazole rings is 1. The van der Waals surface area contributed by atoms with Crippen LogP contribution in [-0.4, -0.2) is 57.3 Å². The van der Waals surface area contributed by atoms with Crippen molar-refractivity contribution < 1.29 is 14.3 Å². The van der Waals surface area contributed by atoms with Crippen molar-refractivity contribution in [2.24, 2.45) is 0 Å². The van der Waals surface area contributed by atoms with E-state index < -0.39 is 0 Å². The Labute approximate surface area is 189 Å². The second-order valence-electron chi connectivity index (χ2n) is 7.11. The van der Waals surface area contributed by atoms with Gasteiger partial charge >= 0.3 is 0 Å². The summed E-state index contributed by atoms with van der Waals surface area (Å²) in [5, 5.41) is 14.3. The monoisotopic (exact) mass is 450 g/mol. The first kappa shape index (κ1) is 21.4. The molecule has 0 aliphatic carbocycles. The minimum absolute atomic E-state index is 0.143. The summed E-state index contributed by atoms with van der Waals surface area (Å²) in [6.45, 7) is 2.36. The van der Waals surface area contributed by atoms with Gasteiger partial charge < -0.3 is 14.4 Å². The van der Waals surface area contributed by atoms with Crippen molar-refractivity contribution in [2.75, 3.05) is 21.3 Å². The van der Waals surface area contributed by atoms with E-state index in [1.807, 2.05) is 42.6 Å². The summed E-state index contributed by atoms with van der Waals surface area (Å²) in [6.07, 6.45) is 1.48. The molecule has 2 aromatic heterocycles. The van der Waals surface area contributed by atoms with Crippen LogP contribution in [0.1, 0.15) is 21.1 Å². The number of carbonyl (C=O) groups is 1. The maximum absolute atomic E-state index is 13.3. The number of hydrogen-bond donors (Lipinski definition) is 0. The number of aryl methyl sites for hydroxylation is 1. The first-order valence-corrected chi connectivity index (χ1v) is 10.6. The average molecular weight is 451 g/mol. The van der Waals surface area contributed by atoms with Crippen molar-refractivity contribution in [1.29, 1.82) is 0 Å². The SMILES string of the molecule is COc1cccc(-c2cc(C(=O)N(C)Cc3nc(C)cs3)cc(-n3cnnn3)c2)c1OC. The molecule has 9 nitrogen and oxygen atoms in total. The van der Waals surface area contributed by atoms with E-state index in [0.717, 1.165) is 21.8 Å². The molecule has 2 heterocycles. The topological polar surface area (TPSA) is 95.3 Å². The molecule has 32 heavy (non-hydrogen) atoms. The van der Waals surface area contributed by atoms with E-state index in [4.69, 9.17) is 9.47 Å². The number of aromatic nitrogens is 5. The van der Waals surface area contributed by atoms with E-state index in [-0.39, 0.29) is 5.91 Å². The molecule has 0 saturated carbocycles. The van der Waals surface area contributed by atoms with E-state index >= 15 is 0 Å². The molecule has 0 atom stereocenters. The highest BCUT2D eigenvalue weighted by Gasteiger charge is 2.19. The molecular weight excluding hydrogens is 428 g/mol. The normalized spacial score (nSPS) is 10.8. The predicted molar refractivity (Wildman–Crippen MR) is 120 cm³/mol. The van der Waals surface area contributed by atoms with E-state index in [1.54, 1.807) is 32.2 Å². The molecule has 0 radical (unpaired) electrons. The highest BCUT2D eigenvalue weighted by Crippen LogP contribution is 2.38. The summed E-state index contributed by atoms with van der Waals surface area (Å²) in [7, 11) is 4.93. The lowest BCUT2D eigenvalue weighted by Gasteiger charge is -2.18. The molecule has 0 aliphatic rings. The highest BCUT2D eigenvalue weighted by atomic mass is 32.1. The number of carbonyl (C=O) groups excluding carboxylic acids is 1. The zero-order valence-corrected chi connectivity index (χ0v) is 19.0. The van der Waals surface area contributed by atoms with Crippen LogP contribution in [0.4, 0.5) is 0 Å². The van der Waals surface area contributed by atoms with Crippen LogP contribution in [0, 0.1) is 6.92 Å². The molecular formula is C22H22N6O3S. The third kappa shape index (κ3) is 4.30. The molecule has 0 bridgehead atoms. The number of methoxy groups -OCH3 is 2. The van der Waals surface area contributed by atoms with Gasteiger partial charge in [0, 0.05) is 29.2 Å². The lowest BCUT2D eigenvalue weighted by Crippen LogP contribution is -2.26. The summed E-state index contributed by atoms with van der Waals surface area (Å²) >= 11 is 1.53. The van der Waals surface area contributed by atoms with Gasteiger partial charge in [0.25, 0.3) is 5.91 Å². The first-order chi connectivity index (χ1) is 15.5. The summed E-state index contributed by atoms with van der Waals surface area (Å²) in [5.41, 5.74) is 3.65. The molecule has 2 aromatic carbocycles. The van der Waals surface area contributed by atoms with Crippen molar-refractivity contribution >= 4 is 17.2 Å². The number of ether oxygens (including phenoxy) is 2. The fourth-order valence-electron chi connectivity index (χ4n) is 3.39. The number of hydrogen-bond acceptors (Lipinski definition) is 8. The summed E-state index contributed by atoms with van der Waals surface area (Å²) in [4.78, 5) is 19.4. The molecule has 10 heteroatoms. The Morgan fingerprint density at radius 1 is 1.19 bits per heavy atom. The molecule has 4 rings (SSSR count). The minimum atomic E-state index is -0.143. The van der Waals surface area contributed by atoms with Crippen molar-refractivity contribution in [3.63, 3.8) is 0 Å². The molecule has 0 fully saturated rings. The van der Waals surface area contributed by atoms with E-state index in [9.17, 15) is 4.79 Å². The number of benzene rings is 2. The van der Waals surface area contributed by atoms with Crippen LogP contribution in [0.25, 0.3) is 16.8 Å². The maximum atomic E-state index is 13.3. The quantitative estimate of drug-likeness (QED) is 0.426. The van der Waals surface area contributed by atoms with E-state index in [1.165, 1.54) is 22.3 Å². The van der Waals surface area contributed by atoms with Crippen molar-refractivity contribution in [3.05, 3.63) is 64.4 Å². The van der Waals surface area contributed by atoms with Gasteiger partial charge in [0.1, 0.15) is 11.3 Å². The number of rotatable bonds is 7. The molecule has 0 spiro atoms. The Kier molecular flexibility index (Phi) is 6.13. The third-order valence-corrected chi connectivity index (χ3v) is 5.83. The Morgan fingerprint density at radius 2 is 2.03 bits per heavy atom. The van der Waals surface area contributed by atoms with Gasteiger partial charge in [-0.25, -0.2) is 9.67 Å². The lowest BCUT2D eigenvalue weighted by atomic mass is 10.00. The van der Waals surface area contributed by atoms with Crippen molar-refractivity contribution in [2.45, 2.75) is 13.5 Å². The second kappa shape index (κ2) is 9.15. The van der Waals surface area contributed by atoms with Crippen LogP contribution in [-0.2, 0) is 6.54 Å². The van der Waals surface area contributed by atoms with Gasteiger partial charge in [-0.15, -0.1) is 16.4 Å². The van der Waals surface area contributed by atoms with Gasteiger partial charge in [-0.2, -0.15) is 0 Å². The predicted octanol–water partition coefficient (Wildman–Crippen LogP) is 3.38. The smallest absolute Gasteiger partial charge is 0.254 e. The Hall–Kier alpha value is -3.79. The summed E-state index contributed by atoms with van der Waals surface area (Å²) in [5.74, 6) is 1.03. The molecule has 0 aliphatic heterocycles. The van der Waals surface area contributed by atoms with Crippen LogP contribution in [0.2, 0.25) is 0 Å². The standard InChI is InChI=1S/C22H22N6O3S/c1-14-12-32-20(24-14)11-27(2)22(29)16-8-15(9-17(10-16)28-13-23-25-26-28)18-6-5-7-19(30-3)21(18)31-4/h5-10,12-13H,11H2,1-4H3. The van der Waals surface area contributed by atoms with Gasteiger partial charge in [-0.05, 0) is 47.2 Å². The fraction of sp³-hybridized carbons (Fsp3) is 0.227. The van der Waals surface area contributed by atoms with Crippen molar-refractivity contribution in [3.8, 4) is 28.3 Å². The van der Waals surface area contributed by atoms with Crippen LogP contribution >= 0.6 is 11.3 Å². The number of amides is 1. The summed E-state index contributed by atoms with van der Waals surface area (Å²) in [6, 6.07) is 11.1. The maximum Gasteiger partial charge on any atom is 0.254 e. The molecule has 164 valence electrons. The molecule has 1 amide bonds. The van der Waals surface area contributed by atoms with Gasteiger partial charge in [0.15, 0.2) is 11.5 Å².